The van der Waals surface area contributed by atoms with Crippen LogP contribution in [0, 0.1) is 0 Å². The molecule has 0 aliphatic heterocycles. The second kappa shape index (κ2) is 11.9. The van der Waals surface area contributed by atoms with Crippen LogP contribution < -0.4 is 15.4 Å². The largest absolute Gasteiger partial charge is 0.497 e. The number of hydrogen-bond donors (Lipinski definition) is 3. The second-order valence-electron chi connectivity index (χ2n) is 9.79. The molecule has 0 unspecified atom stereocenters. The molecular weight excluding hydrogens is 554 g/mol. The first-order valence-electron chi connectivity index (χ1n) is 13.2. The zero-order valence-corrected chi connectivity index (χ0v) is 24.2. The molecule has 3 aromatic carbocycles. The van der Waals surface area contributed by atoms with Crippen LogP contribution in [0.2, 0.25) is 0 Å². The van der Waals surface area contributed by atoms with Gasteiger partial charge in [0.25, 0.3) is 11.8 Å². The first-order chi connectivity index (χ1) is 20.2. The molecule has 42 heavy (non-hydrogen) atoms. The number of fused-ring (bicyclic) bond motifs is 2. The number of carbonyl (C=O) groups is 2. The Labute approximate surface area is 243 Å². The summed E-state index contributed by atoms with van der Waals surface area (Å²) in [4.78, 5) is 29.9. The van der Waals surface area contributed by atoms with E-state index in [4.69, 9.17) is 4.74 Å². The van der Waals surface area contributed by atoms with E-state index >= 15 is 0 Å². The third-order valence-electron chi connectivity index (χ3n) is 6.92. The molecule has 0 aliphatic carbocycles. The van der Waals surface area contributed by atoms with Crippen molar-refractivity contribution in [3.63, 3.8) is 0 Å². The number of ether oxygens (including phenoxy) is 1. The maximum atomic E-state index is 13.5. The number of rotatable bonds is 10. The van der Waals surface area contributed by atoms with Crippen molar-refractivity contribution in [2.24, 2.45) is 0 Å². The molecule has 0 spiro atoms. The smallest absolute Gasteiger partial charge is 0.307 e. The van der Waals surface area contributed by atoms with E-state index in [-0.39, 0.29) is 5.70 Å². The van der Waals surface area contributed by atoms with Gasteiger partial charge < -0.3 is 20.4 Å². The van der Waals surface area contributed by atoms with Crippen LogP contribution in [0.4, 0.5) is 0 Å². The van der Waals surface area contributed by atoms with Crippen molar-refractivity contribution in [3.8, 4) is 5.75 Å². The molecule has 0 fully saturated rings. The third kappa shape index (κ3) is 5.78. The number of methoxy groups -OCH3 is 1. The molecule has 5 aromatic rings. The van der Waals surface area contributed by atoms with Crippen molar-refractivity contribution < 1.29 is 22.7 Å². The van der Waals surface area contributed by atoms with E-state index < -0.39 is 22.0 Å². The van der Waals surface area contributed by atoms with E-state index in [0.29, 0.717) is 40.7 Å². The van der Waals surface area contributed by atoms with Gasteiger partial charge in [-0.2, -0.15) is 12.7 Å². The highest BCUT2D eigenvalue weighted by atomic mass is 32.2. The lowest BCUT2D eigenvalue weighted by Crippen LogP contribution is -2.35. The Kier molecular flexibility index (Phi) is 8.14. The predicted octanol–water partition coefficient (Wildman–Crippen LogP) is 3.92. The summed E-state index contributed by atoms with van der Waals surface area (Å²) in [6, 6.07) is 21.4. The quantitative estimate of drug-likeness (QED) is 0.214. The van der Waals surface area contributed by atoms with Gasteiger partial charge in [-0.05, 0) is 54.5 Å². The molecule has 0 atom stereocenters. The number of nitrogens with zero attached hydrogens (tertiary/aromatic N) is 2. The molecule has 0 saturated heterocycles. The molecule has 3 N–H and O–H groups in total. The Morgan fingerprint density at radius 1 is 0.976 bits per heavy atom. The highest BCUT2D eigenvalue weighted by Gasteiger charge is 2.22. The summed E-state index contributed by atoms with van der Waals surface area (Å²) >= 11 is 0. The lowest BCUT2D eigenvalue weighted by molar-refractivity contribution is -0.117. The molecule has 2 aromatic heterocycles. The molecule has 0 saturated carbocycles. The van der Waals surface area contributed by atoms with Crippen LogP contribution in [0.5, 0.6) is 5.75 Å². The van der Waals surface area contributed by atoms with Crippen LogP contribution in [0.15, 0.2) is 90.9 Å². The molecule has 10 nitrogen and oxygen atoms in total. The number of carbonyl (C=O) groups excluding carboxylic acids is 2. The van der Waals surface area contributed by atoms with Gasteiger partial charge in [0.15, 0.2) is 0 Å². The SMILES string of the molecule is COc1ccc(C(=O)NC(=Cc2cn(S(=O)(=O)N(C)C)c3ccccc23)C(=O)NCCc2c[nH]c3ccccc23)cc1. The van der Waals surface area contributed by atoms with Gasteiger partial charge >= 0.3 is 10.2 Å². The fourth-order valence-corrected chi connectivity index (χ4v) is 5.66. The fourth-order valence-electron chi connectivity index (χ4n) is 4.65. The molecule has 0 radical (unpaired) electrons. The molecule has 5 rings (SSSR count). The molecule has 0 aliphatic rings. The van der Waals surface area contributed by atoms with Gasteiger partial charge in [-0.25, -0.2) is 3.97 Å². The average Bonchev–Trinajstić information content (AvgIpc) is 3.58. The van der Waals surface area contributed by atoms with Crippen LogP contribution in [0.1, 0.15) is 21.5 Å². The summed E-state index contributed by atoms with van der Waals surface area (Å²) in [5, 5.41) is 7.29. The van der Waals surface area contributed by atoms with Crippen molar-refractivity contribution in [1.82, 2.24) is 23.9 Å². The van der Waals surface area contributed by atoms with Crippen LogP contribution in [-0.4, -0.2) is 61.2 Å². The maximum absolute atomic E-state index is 13.5. The summed E-state index contributed by atoms with van der Waals surface area (Å²) < 4.78 is 33.5. The highest BCUT2D eigenvalue weighted by molar-refractivity contribution is 7.87. The minimum absolute atomic E-state index is 0.0279. The van der Waals surface area contributed by atoms with Gasteiger partial charge in [0.2, 0.25) is 0 Å². The Bertz CT molecular complexity index is 1900. The van der Waals surface area contributed by atoms with E-state index in [1.807, 2.05) is 30.5 Å². The summed E-state index contributed by atoms with van der Waals surface area (Å²) in [6.45, 7) is 0.313. The highest BCUT2D eigenvalue weighted by Crippen LogP contribution is 2.26. The van der Waals surface area contributed by atoms with E-state index in [2.05, 4.69) is 15.6 Å². The van der Waals surface area contributed by atoms with Crippen LogP contribution in [0.3, 0.4) is 0 Å². The first-order valence-corrected chi connectivity index (χ1v) is 14.6. The molecule has 216 valence electrons. The number of nitrogens with one attached hydrogen (secondary N) is 3. The first kappa shape index (κ1) is 28.7. The molecule has 11 heteroatoms. The van der Waals surface area contributed by atoms with Crippen molar-refractivity contribution in [3.05, 3.63) is 108 Å². The van der Waals surface area contributed by atoms with Crippen LogP contribution in [-0.2, 0) is 21.4 Å². The Morgan fingerprint density at radius 3 is 2.38 bits per heavy atom. The lowest BCUT2D eigenvalue weighted by atomic mass is 10.1. The molecule has 2 heterocycles. The number of aromatic nitrogens is 2. The zero-order valence-electron chi connectivity index (χ0n) is 23.4. The number of para-hydroxylation sites is 2. The Balaban J connectivity index is 1.47. The number of benzene rings is 3. The van der Waals surface area contributed by atoms with E-state index in [9.17, 15) is 18.0 Å². The van der Waals surface area contributed by atoms with E-state index in [1.165, 1.54) is 33.5 Å². The normalized spacial score (nSPS) is 12.1. The number of hydrogen-bond acceptors (Lipinski definition) is 5. The number of H-pyrrole nitrogens is 1. The topological polar surface area (TPSA) is 126 Å². The zero-order chi connectivity index (χ0) is 29.9. The predicted molar refractivity (Wildman–Crippen MR) is 163 cm³/mol. The van der Waals surface area contributed by atoms with Crippen LogP contribution in [0.25, 0.3) is 27.9 Å². The van der Waals surface area contributed by atoms with Crippen molar-refractivity contribution >= 4 is 49.9 Å². The van der Waals surface area contributed by atoms with Gasteiger partial charge in [-0.3, -0.25) is 9.59 Å². The Hall–Kier alpha value is -4.87. The van der Waals surface area contributed by atoms with Gasteiger partial charge in [0, 0.05) is 60.4 Å². The van der Waals surface area contributed by atoms with Crippen molar-refractivity contribution in [1.29, 1.82) is 0 Å². The summed E-state index contributed by atoms with van der Waals surface area (Å²) in [5.41, 5.74) is 3.25. The van der Waals surface area contributed by atoms with Crippen molar-refractivity contribution in [2.45, 2.75) is 6.42 Å². The maximum Gasteiger partial charge on any atom is 0.307 e. The van der Waals surface area contributed by atoms with Crippen LogP contribution >= 0.6 is 0 Å². The summed E-state index contributed by atoms with van der Waals surface area (Å²) in [7, 11) is 0.572. The third-order valence-corrected chi connectivity index (χ3v) is 8.64. The standard InChI is InChI=1S/C31H31N5O5S/c1-35(2)42(39,40)36-20-23(26-9-5-7-11-29(26)36)18-28(34-30(37)21-12-14-24(41-3)15-13-21)31(38)32-17-16-22-19-33-27-10-6-4-8-25(22)27/h4-15,18-20,33H,16-17H2,1-3H3,(H,32,38)(H,34,37). The second-order valence-corrected chi connectivity index (χ2v) is 11.8. The minimum Gasteiger partial charge on any atom is -0.497 e. The fraction of sp³-hybridized carbons (Fsp3) is 0.161. The number of aromatic amines is 1. The van der Waals surface area contributed by atoms with Gasteiger partial charge in [0.1, 0.15) is 11.4 Å². The molecule has 0 bridgehead atoms. The van der Waals surface area contributed by atoms with Gasteiger partial charge in [0.05, 0.1) is 12.6 Å². The van der Waals surface area contributed by atoms with Gasteiger partial charge in [-0.1, -0.05) is 36.4 Å². The molecular formula is C31H31N5O5S. The lowest BCUT2D eigenvalue weighted by Gasteiger charge is -2.13. The van der Waals surface area contributed by atoms with Crippen molar-refractivity contribution in [2.75, 3.05) is 27.7 Å². The summed E-state index contributed by atoms with van der Waals surface area (Å²) in [5.74, 6) is -0.420. The minimum atomic E-state index is -3.85. The average molecular weight is 586 g/mol. The Morgan fingerprint density at radius 2 is 1.67 bits per heavy atom. The number of amides is 2. The molecule has 2 amide bonds. The monoisotopic (exact) mass is 585 g/mol. The summed E-state index contributed by atoms with van der Waals surface area (Å²) in [6.07, 6.45) is 5.42. The van der Waals surface area contributed by atoms with Gasteiger partial charge in [-0.15, -0.1) is 0 Å². The van der Waals surface area contributed by atoms with E-state index in [1.54, 1.807) is 48.5 Å². The van der Waals surface area contributed by atoms with E-state index in [0.717, 1.165) is 24.7 Å².